The third-order valence-electron chi connectivity index (χ3n) is 5.74. The van der Waals surface area contributed by atoms with Gasteiger partial charge in [-0.3, -0.25) is 4.79 Å². The van der Waals surface area contributed by atoms with Crippen molar-refractivity contribution in [3.05, 3.63) is 30.4 Å². The fourth-order valence-corrected chi connectivity index (χ4v) is 4.03. The predicted molar refractivity (Wildman–Crippen MR) is 97.1 cm³/mol. The number of carbonyl (C=O) groups excluding carboxylic acids is 1. The maximum absolute atomic E-state index is 12.7. The number of rotatable bonds is 5. The van der Waals surface area contributed by atoms with Crippen LogP contribution >= 0.6 is 0 Å². The first-order valence-corrected chi connectivity index (χ1v) is 9.79. The Labute approximate surface area is 158 Å². The average molecular weight is 373 g/mol. The van der Waals surface area contributed by atoms with Gasteiger partial charge < -0.3 is 18.7 Å². The Morgan fingerprint density at radius 3 is 3.00 bits per heavy atom. The zero-order valence-corrected chi connectivity index (χ0v) is 15.8. The molecule has 4 heterocycles. The number of hydrogen-bond donors (Lipinski definition) is 0. The molecule has 0 aromatic carbocycles. The van der Waals surface area contributed by atoms with Crippen molar-refractivity contribution in [2.24, 2.45) is 0 Å². The molecule has 8 heteroatoms. The van der Waals surface area contributed by atoms with Crippen molar-refractivity contribution in [2.45, 2.75) is 56.9 Å². The summed E-state index contributed by atoms with van der Waals surface area (Å²) in [6, 6.07) is 0. The van der Waals surface area contributed by atoms with E-state index < -0.39 is 0 Å². The van der Waals surface area contributed by atoms with E-state index in [1.807, 2.05) is 15.7 Å². The molecule has 2 aliphatic heterocycles. The van der Waals surface area contributed by atoms with Crippen molar-refractivity contribution >= 4 is 5.91 Å². The molecule has 0 spiro atoms. The molecule has 2 aliphatic rings. The number of amides is 1. The lowest BCUT2D eigenvalue weighted by molar-refractivity contribution is -0.133. The van der Waals surface area contributed by atoms with Gasteiger partial charge in [-0.15, -0.1) is 0 Å². The van der Waals surface area contributed by atoms with E-state index in [0.717, 1.165) is 57.2 Å². The van der Waals surface area contributed by atoms with Crippen LogP contribution in [0.2, 0.25) is 0 Å². The van der Waals surface area contributed by atoms with Crippen molar-refractivity contribution in [1.82, 2.24) is 24.6 Å². The van der Waals surface area contributed by atoms with Crippen molar-refractivity contribution in [3.63, 3.8) is 0 Å². The number of ether oxygens (including phenoxy) is 1. The summed E-state index contributed by atoms with van der Waals surface area (Å²) >= 11 is 0. The maximum atomic E-state index is 12.7. The first-order valence-electron chi connectivity index (χ1n) is 9.79. The minimum atomic E-state index is -0.254. The Kier molecular flexibility index (Phi) is 5.24. The van der Waals surface area contributed by atoms with E-state index in [-0.39, 0.29) is 11.3 Å². The summed E-state index contributed by atoms with van der Waals surface area (Å²) in [5.74, 6) is 1.91. The first-order chi connectivity index (χ1) is 13.1. The molecule has 0 bridgehead atoms. The highest BCUT2D eigenvalue weighted by atomic mass is 16.5. The van der Waals surface area contributed by atoms with Gasteiger partial charge in [-0.1, -0.05) is 12.1 Å². The molecular weight excluding hydrogens is 346 g/mol. The Hall–Kier alpha value is -2.22. The third-order valence-corrected chi connectivity index (χ3v) is 5.74. The highest BCUT2D eigenvalue weighted by molar-refractivity contribution is 5.76. The van der Waals surface area contributed by atoms with Crippen LogP contribution in [0.4, 0.5) is 0 Å². The molecule has 0 saturated carbocycles. The van der Waals surface area contributed by atoms with Gasteiger partial charge in [0.15, 0.2) is 5.82 Å². The summed E-state index contributed by atoms with van der Waals surface area (Å²) in [5.41, 5.74) is -0.254. The Morgan fingerprint density at radius 1 is 1.37 bits per heavy atom. The number of piperidine rings is 1. The number of nitrogens with zero attached hydrogens (tertiary/aromatic N) is 5. The molecule has 1 atom stereocenters. The molecule has 27 heavy (non-hydrogen) atoms. The van der Waals surface area contributed by atoms with Gasteiger partial charge in [0.05, 0.1) is 6.33 Å². The highest BCUT2D eigenvalue weighted by Gasteiger charge is 2.39. The van der Waals surface area contributed by atoms with Crippen LogP contribution in [0.1, 0.15) is 56.7 Å². The quantitative estimate of drug-likeness (QED) is 0.798. The second-order valence-corrected chi connectivity index (χ2v) is 7.87. The fraction of sp³-hybridized carbons (Fsp3) is 0.684. The van der Waals surface area contributed by atoms with E-state index in [1.165, 1.54) is 0 Å². The van der Waals surface area contributed by atoms with Gasteiger partial charge in [-0.25, -0.2) is 4.98 Å². The number of aromatic nitrogens is 4. The van der Waals surface area contributed by atoms with Crippen molar-refractivity contribution < 1.29 is 14.1 Å². The standard InChI is InChI=1S/C19H27N5O3/c1-19(18-21-17(27-22-18)15-4-11-26-12-5-15)6-2-8-24(13-19)16(25)3-9-23-10-7-20-14-23/h7,10,14-15H,2-6,8-9,11-13H2,1H3. The lowest BCUT2D eigenvalue weighted by Crippen LogP contribution is -2.47. The summed E-state index contributed by atoms with van der Waals surface area (Å²) in [6.07, 6.45) is 9.60. The first kappa shape index (κ1) is 18.2. The van der Waals surface area contributed by atoms with Gasteiger partial charge in [0.2, 0.25) is 11.8 Å². The second kappa shape index (κ2) is 7.80. The fourth-order valence-electron chi connectivity index (χ4n) is 4.03. The lowest BCUT2D eigenvalue weighted by Gasteiger charge is -2.38. The van der Waals surface area contributed by atoms with E-state index in [2.05, 4.69) is 17.1 Å². The number of hydrogen-bond acceptors (Lipinski definition) is 6. The van der Waals surface area contributed by atoms with Crippen LogP contribution in [0, 0.1) is 0 Å². The van der Waals surface area contributed by atoms with Crippen LogP contribution in [0.3, 0.4) is 0 Å². The van der Waals surface area contributed by atoms with E-state index in [9.17, 15) is 4.79 Å². The zero-order chi connectivity index (χ0) is 18.7. The Morgan fingerprint density at radius 2 is 2.22 bits per heavy atom. The van der Waals surface area contributed by atoms with Crippen molar-refractivity contribution in [1.29, 1.82) is 0 Å². The summed E-state index contributed by atoms with van der Waals surface area (Å²) < 4.78 is 12.9. The molecule has 8 nitrogen and oxygen atoms in total. The molecule has 2 aromatic heterocycles. The largest absolute Gasteiger partial charge is 0.381 e. The van der Waals surface area contributed by atoms with Crippen molar-refractivity contribution in [3.8, 4) is 0 Å². The number of carbonyl (C=O) groups is 1. The van der Waals surface area contributed by atoms with E-state index in [0.29, 0.717) is 25.4 Å². The molecule has 1 unspecified atom stereocenters. The van der Waals surface area contributed by atoms with Gasteiger partial charge in [0.1, 0.15) is 0 Å². The molecule has 2 fully saturated rings. The van der Waals surface area contributed by atoms with Crippen LogP contribution < -0.4 is 0 Å². The van der Waals surface area contributed by atoms with Crippen LogP contribution in [0.25, 0.3) is 0 Å². The van der Waals surface area contributed by atoms with E-state index in [4.69, 9.17) is 14.2 Å². The molecule has 2 aromatic rings. The highest BCUT2D eigenvalue weighted by Crippen LogP contribution is 2.34. The second-order valence-electron chi connectivity index (χ2n) is 7.87. The predicted octanol–water partition coefficient (Wildman–Crippen LogP) is 2.13. The van der Waals surface area contributed by atoms with Gasteiger partial charge >= 0.3 is 0 Å². The summed E-state index contributed by atoms with van der Waals surface area (Å²) in [5, 5.41) is 4.29. The maximum Gasteiger partial charge on any atom is 0.229 e. The molecular formula is C19H27N5O3. The van der Waals surface area contributed by atoms with Crippen LogP contribution in [-0.4, -0.2) is 56.8 Å². The smallest absolute Gasteiger partial charge is 0.229 e. The lowest BCUT2D eigenvalue weighted by atomic mass is 9.81. The summed E-state index contributed by atoms with van der Waals surface area (Å²) in [4.78, 5) is 23.4. The van der Waals surface area contributed by atoms with Crippen LogP contribution in [-0.2, 0) is 21.5 Å². The topological polar surface area (TPSA) is 86.3 Å². The molecule has 1 amide bonds. The third kappa shape index (κ3) is 4.05. The van der Waals surface area contributed by atoms with Crippen LogP contribution in [0.5, 0.6) is 0 Å². The van der Waals surface area contributed by atoms with E-state index >= 15 is 0 Å². The minimum Gasteiger partial charge on any atom is -0.381 e. The summed E-state index contributed by atoms with van der Waals surface area (Å²) in [7, 11) is 0. The minimum absolute atomic E-state index is 0.169. The van der Waals surface area contributed by atoms with Gasteiger partial charge in [0.25, 0.3) is 0 Å². The van der Waals surface area contributed by atoms with Crippen molar-refractivity contribution in [2.75, 3.05) is 26.3 Å². The molecule has 146 valence electrons. The molecule has 0 radical (unpaired) electrons. The number of imidazole rings is 1. The Balaban J connectivity index is 1.40. The Bertz CT molecular complexity index is 753. The monoisotopic (exact) mass is 373 g/mol. The molecule has 4 rings (SSSR count). The zero-order valence-electron chi connectivity index (χ0n) is 15.8. The molecule has 2 saturated heterocycles. The number of likely N-dealkylation sites (tertiary alicyclic amines) is 1. The molecule has 0 N–H and O–H groups in total. The average Bonchev–Trinajstić information content (AvgIpc) is 3.39. The van der Waals surface area contributed by atoms with Gasteiger partial charge in [-0.05, 0) is 25.7 Å². The van der Waals surface area contributed by atoms with Gasteiger partial charge in [0, 0.05) is 63.0 Å². The van der Waals surface area contributed by atoms with Crippen LogP contribution in [0.15, 0.2) is 23.2 Å². The SMILES string of the molecule is CC1(c2noc(C3CCOCC3)n2)CCCN(C(=O)CCn2ccnc2)C1. The molecule has 0 aliphatic carbocycles. The van der Waals surface area contributed by atoms with E-state index in [1.54, 1.807) is 12.5 Å². The normalized spacial score (nSPS) is 24.3. The number of aryl methyl sites for hydroxylation is 1. The van der Waals surface area contributed by atoms with Gasteiger partial charge in [-0.2, -0.15) is 4.98 Å². The summed E-state index contributed by atoms with van der Waals surface area (Å²) in [6.45, 7) is 5.73.